The molecule has 144 heavy (non-hydrogen) atoms. The van der Waals surface area contributed by atoms with Gasteiger partial charge in [-0.2, -0.15) is 0 Å². The maximum absolute atomic E-state index is 14.5. The van der Waals surface area contributed by atoms with Gasteiger partial charge in [-0.15, -0.1) is 0 Å². The molecule has 2 radical (unpaired) electrons. The number of nitrogens with zero attached hydrogens (tertiary/aromatic N) is 4. The first-order chi connectivity index (χ1) is 66.6. The van der Waals surface area contributed by atoms with Crippen LogP contribution in [0.15, 0.2) is 148 Å². The molecule has 0 fully saturated rings. The van der Waals surface area contributed by atoms with Crippen LogP contribution in [-0.2, 0) is 86.4 Å². The van der Waals surface area contributed by atoms with Crippen molar-refractivity contribution in [3.63, 3.8) is 0 Å². The molecule has 0 saturated heterocycles. The fourth-order valence-corrected chi connectivity index (χ4v) is 20.2. The number of ether oxygens (including phenoxy) is 7. The Hall–Kier alpha value is -10.1. The van der Waals surface area contributed by atoms with Crippen molar-refractivity contribution in [2.45, 2.75) is 164 Å². The Balaban J connectivity index is 0.000000412. The fourth-order valence-electron chi connectivity index (χ4n) is 16.0. The summed E-state index contributed by atoms with van der Waals surface area (Å²) >= 11 is 0. The van der Waals surface area contributed by atoms with Gasteiger partial charge in [-0.1, -0.05) is 82.3 Å². The smallest absolute Gasteiger partial charge is 1.00 e. The number of methoxy groups -OCH3 is 5. The van der Waals surface area contributed by atoms with Crippen LogP contribution in [0.2, 0.25) is 6.82 Å². The van der Waals surface area contributed by atoms with Gasteiger partial charge in [0.25, 0.3) is 17.7 Å². The number of esters is 2. The zero-order valence-corrected chi connectivity index (χ0v) is 89.0. The monoisotopic (exact) mass is 2080 g/mol. The standard InChI is InChI=1S/C37H46F2N3O9P.C23H27F2N3O5.C22H25F2N3O5.C14H22NO5P.CH5BN.ClH.Li.Na/c1-23(2)50-36(47)24(3)22-52(48,51-27-10-8-7-9-11-27)17-15-41(5)30-21-42-20-28(35(46)40-19-25-12-13-26(38)18-29(25)39)32(43)33(44)31(42)34(45)37(30,4)14-16-49-6;1-23(7-8-32-3)17(26-2)12-28-11-15(19(29)20(33-4)18(28)21(23)30)22(31)27-10-13-5-6-14(24)9-16(13)25;1-22(6-7-32-3)16(25-2)11-27-10-14(18(28)19(29)17(27)20(22)30)21(31)26-9-12-4-5-13(23)8-15(12)24;1-11(2)19-14(16)12(3)15-21(17,10-18-4)20-13-8-6-5-7-9-13;1-2-3;;;/h7-13,18,20,23-24,30,44H,14-17,19,21-22H2,1-6H3,(H,40,46);5-6,9,11,17,26H,7-8,10,12H2,1-4H3,(H,27,31);4-5,8,10,16,25,29H,6-7,9,11H2,1-3H3,(H,26,31);5-9,11-12H,10H2,1-4H3,(H,15,17);3H2,1H3;1H;;/q;;;;-1;;2*+1/p-1/t24-,30?,37?,52?;;;12-,21?;;;;/m0..1..../s1. The van der Waals surface area contributed by atoms with E-state index in [4.69, 9.17) is 47.9 Å². The molecule has 0 saturated carbocycles. The summed E-state index contributed by atoms with van der Waals surface area (Å²) < 4.78 is 161. The van der Waals surface area contributed by atoms with Crippen LogP contribution in [-0.4, -0.2) is 221 Å². The van der Waals surface area contributed by atoms with E-state index >= 15 is 0 Å². The van der Waals surface area contributed by atoms with E-state index in [0.717, 1.165) is 24.3 Å². The van der Waals surface area contributed by atoms with Crippen LogP contribution < -0.4 is 128 Å². The van der Waals surface area contributed by atoms with Gasteiger partial charge in [0.05, 0.1) is 41.5 Å². The summed E-state index contributed by atoms with van der Waals surface area (Å²) in [5.74, 6) is -11.5. The molecule has 6 heterocycles. The third kappa shape index (κ3) is 32.7. The van der Waals surface area contributed by atoms with Crippen molar-refractivity contribution in [3.05, 3.63) is 250 Å². The van der Waals surface area contributed by atoms with Gasteiger partial charge in [-0.3, -0.25) is 69.3 Å². The summed E-state index contributed by atoms with van der Waals surface area (Å²) in [5, 5.41) is 37.8. The molecule has 0 bridgehead atoms. The van der Waals surface area contributed by atoms with E-state index in [2.05, 4.69) is 31.7 Å². The number of halogens is 7. The molecule has 0 aliphatic carbocycles. The van der Waals surface area contributed by atoms with E-state index in [0.29, 0.717) is 62.3 Å². The number of benzene rings is 5. The molecule has 3 aliphatic rings. The number of para-hydroxylation sites is 2. The van der Waals surface area contributed by atoms with Crippen LogP contribution in [0.3, 0.4) is 0 Å². The number of nitrogens with one attached hydrogen (secondary N) is 6. The van der Waals surface area contributed by atoms with Crippen LogP contribution in [0.1, 0.15) is 161 Å². The molecule has 3 amide bonds. The Morgan fingerprint density at radius 2 is 0.882 bits per heavy atom. The van der Waals surface area contributed by atoms with E-state index in [1.54, 1.807) is 152 Å². The average molecular weight is 2080 g/mol. The summed E-state index contributed by atoms with van der Waals surface area (Å²) in [6.45, 7) is 17.8. The maximum atomic E-state index is 14.5. The predicted molar refractivity (Wildman–Crippen MR) is 514 cm³/mol. The van der Waals surface area contributed by atoms with E-state index in [1.807, 2.05) is 11.0 Å². The number of carbonyl (C=O) groups is 8. The molecular formula is C97H125BClF6LiN11NaO24P2. The van der Waals surface area contributed by atoms with Crippen molar-refractivity contribution in [2.24, 2.45) is 27.8 Å². The van der Waals surface area contributed by atoms with Crippen LogP contribution >= 0.6 is 14.9 Å². The van der Waals surface area contributed by atoms with Gasteiger partial charge >= 0.3 is 67.9 Å². The quantitative estimate of drug-likeness (QED) is 0.0115. The van der Waals surface area contributed by atoms with Crippen molar-refractivity contribution >= 4 is 69.3 Å². The minimum Gasteiger partial charge on any atom is -1.00 e. The van der Waals surface area contributed by atoms with Crippen LogP contribution in [0.4, 0.5) is 26.3 Å². The maximum Gasteiger partial charge on any atom is 1.00 e. The van der Waals surface area contributed by atoms with Crippen LogP contribution in [0, 0.1) is 57.1 Å². The molecule has 3 aliphatic heterocycles. The second-order valence-corrected chi connectivity index (χ2v) is 39.6. The van der Waals surface area contributed by atoms with Crippen molar-refractivity contribution in [2.75, 3.05) is 102 Å². The van der Waals surface area contributed by atoms with E-state index in [-0.39, 0.29) is 207 Å². The molecule has 10 N–H and O–H groups in total. The van der Waals surface area contributed by atoms with Crippen molar-refractivity contribution < 1.29 is 187 Å². The number of fused-ring (bicyclic) bond motifs is 3. The molecule has 11 rings (SSSR count). The molecule has 0 spiro atoms. The Morgan fingerprint density at radius 1 is 0.528 bits per heavy atom. The molecule has 3 aromatic heterocycles. The first-order valence-corrected chi connectivity index (χ1v) is 48.8. The Kier molecular flexibility index (Phi) is 50.7. The summed E-state index contributed by atoms with van der Waals surface area (Å²) in [5.41, 5.74) is -2.51. The molecule has 35 nitrogen and oxygen atoms in total. The Bertz CT molecular complexity index is 6050. The number of hydrogen-bond donors (Lipinski definition) is 9. The van der Waals surface area contributed by atoms with Gasteiger partial charge in [-0.25, -0.2) is 38.3 Å². The van der Waals surface area contributed by atoms with Crippen molar-refractivity contribution in [3.8, 4) is 28.7 Å². The number of rotatable bonds is 39. The van der Waals surface area contributed by atoms with Gasteiger partial charge in [0, 0.05) is 178 Å². The zero-order chi connectivity index (χ0) is 105. The van der Waals surface area contributed by atoms with Crippen LogP contribution in [0.5, 0.6) is 28.7 Å². The van der Waals surface area contributed by atoms with Crippen molar-refractivity contribution in [1.82, 2.24) is 50.3 Å². The summed E-state index contributed by atoms with van der Waals surface area (Å²) in [6, 6.07) is 24.1. The molecular weight excluding hydrogens is 1960 g/mol. The summed E-state index contributed by atoms with van der Waals surface area (Å²) in [7, 11) is 6.97. The Morgan fingerprint density at radius 3 is 1.25 bits per heavy atom. The van der Waals surface area contributed by atoms with Gasteiger partial charge in [0.15, 0.2) is 34.6 Å². The van der Waals surface area contributed by atoms with Gasteiger partial charge in [0.1, 0.15) is 92.6 Å². The number of Topliss-reactive ketones (excluding diaryl/α,β-unsaturated/α-hetero) is 3. The number of amides is 3. The van der Waals surface area contributed by atoms with E-state index < -0.39 is 164 Å². The molecule has 10 atom stereocenters. The second kappa shape index (κ2) is 57.9. The summed E-state index contributed by atoms with van der Waals surface area (Å²) in [4.78, 5) is 145. The third-order valence-electron chi connectivity index (χ3n) is 23.9. The van der Waals surface area contributed by atoms with E-state index in [1.165, 1.54) is 80.3 Å². The second-order valence-electron chi connectivity index (χ2n) is 34.9. The molecule has 8 aromatic rings. The zero-order valence-electron chi connectivity index (χ0n) is 84.4. The number of aromatic hydroxyl groups is 2. The topological polar surface area (TPSA) is 462 Å². The van der Waals surface area contributed by atoms with Crippen molar-refractivity contribution in [1.29, 1.82) is 0 Å². The molecule has 5 aromatic carbocycles. The van der Waals surface area contributed by atoms with Gasteiger partial charge in [-0.05, 0) is 117 Å². The number of hydrogen-bond acceptors (Lipinski definition) is 28. The SMILES string of the molecule is CNC1Cn2cc(C(=O)NCc3ccc(F)cc3F)c(=O)c(O)c2C(=O)C1(C)CCOC.CNC1Cn2cc(C(=O)NCc3ccc(F)cc3F)c(=O)c(OC)c2C(=O)C1(C)CCOC.COCCC1(C)C(=O)c2c(O)c(=O)c(C(=O)NCc3ccc(F)cc3F)cn2CC1N(C)CCP(=O)(C[C@H](C)C(=O)OC(C)C)Oc1ccccc1.COCP(=O)(N[C@H](C)C(=O)OC(C)C)Oc1ccccc1.C[B-]N.[Cl-].[Li+].[Na+]. The number of likely N-dealkylation sites (N-methyl/N-ethyl adjacent to an activating group) is 3. The fraction of sp³-hybridized carbons (Fsp3) is 0.454. The molecule has 776 valence electrons. The number of ketones is 3. The average Bonchev–Trinajstić information content (AvgIpc) is 0.735. The third-order valence-corrected chi connectivity index (χ3v) is 28.3. The minimum atomic E-state index is -3.56. The number of pyridine rings is 3. The molecule has 8 unspecified atom stereocenters. The van der Waals surface area contributed by atoms with Gasteiger partial charge in [0.2, 0.25) is 23.7 Å². The number of carbonyl (C=O) groups excluding carboxylic acids is 8. The largest absolute Gasteiger partial charge is 1.00 e. The normalized spacial score (nSPS) is 18.2. The van der Waals surface area contributed by atoms with Crippen LogP contribution in [0.25, 0.3) is 0 Å². The Labute approximate surface area is 873 Å². The van der Waals surface area contributed by atoms with E-state index in [9.17, 15) is 98.4 Å². The number of aromatic nitrogens is 3. The molecule has 47 heteroatoms. The number of nitrogens with two attached hydrogens (primary N) is 1. The summed E-state index contributed by atoms with van der Waals surface area (Å²) in [6.07, 6.45) is 3.86. The predicted octanol–water partition coefficient (Wildman–Crippen LogP) is 2.14. The minimum absolute atomic E-state index is 0. The first-order valence-electron chi connectivity index (χ1n) is 45.0. The van der Waals surface area contributed by atoms with Gasteiger partial charge < -0.3 is 116 Å². The first kappa shape index (κ1) is 126.